The van der Waals surface area contributed by atoms with E-state index in [0.717, 1.165) is 16.8 Å². The summed E-state index contributed by atoms with van der Waals surface area (Å²) in [6.07, 6.45) is 0. The van der Waals surface area contributed by atoms with E-state index in [-0.39, 0.29) is 11.9 Å². The summed E-state index contributed by atoms with van der Waals surface area (Å²) in [5.74, 6) is 1.15. The number of aromatic amines is 1. The predicted octanol–water partition coefficient (Wildman–Crippen LogP) is 3.58. The minimum atomic E-state index is -0.268. The third-order valence-corrected chi connectivity index (χ3v) is 4.14. The first-order chi connectivity index (χ1) is 12.6. The lowest BCUT2D eigenvalue weighted by molar-refractivity contribution is 0.0934. The fraction of sp³-hybridized carbons (Fsp3) is 0.200. The second-order valence-corrected chi connectivity index (χ2v) is 5.84. The molecule has 0 unspecified atom stereocenters. The van der Waals surface area contributed by atoms with Gasteiger partial charge in [0, 0.05) is 11.1 Å². The van der Waals surface area contributed by atoms with Gasteiger partial charge in [0.1, 0.15) is 17.2 Å². The lowest BCUT2D eigenvalue weighted by atomic mass is 10.1. The maximum Gasteiger partial charge on any atom is 0.269 e. The van der Waals surface area contributed by atoms with Crippen LogP contribution >= 0.6 is 0 Å². The van der Waals surface area contributed by atoms with Crippen molar-refractivity contribution in [2.45, 2.75) is 13.0 Å². The van der Waals surface area contributed by atoms with Crippen molar-refractivity contribution in [2.24, 2.45) is 0 Å². The van der Waals surface area contributed by atoms with Gasteiger partial charge in [-0.15, -0.1) is 0 Å². The molecule has 2 N–H and O–H groups in total. The maximum atomic E-state index is 12.6. The fourth-order valence-electron chi connectivity index (χ4n) is 2.72. The molecule has 2 aromatic carbocycles. The molecule has 3 rings (SSSR count). The Morgan fingerprint density at radius 3 is 2.54 bits per heavy atom. The maximum absolute atomic E-state index is 12.6. The van der Waals surface area contributed by atoms with E-state index in [2.05, 4.69) is 15.5 Å². The van der Waals surface area contributed by atoms with Crippen LogP contribution in [0.2, 0.25) is 0 Å². The van der Waals surface area contributed by atoms with Crippen LogP contribution in [0.1, 0.15) is 29.0 Å². The van der Waals surface area contributed by atoms with Crippen molar-refractivity contribution in [3.8, 4) is 22.8 Å². The van der Waals surface area contributed by atoms with E-state index in [1.165, 1.54) is 0 Å². The third-order valence-electron chi connectivity index (χ3n) is 4.14. The van der Waals surface area contributed by atoms with Gasteiger partial charge >= 0.3 is 0 Å². The van der Waals surface area contributed by atoms with Gasteiger partial charge in [0.15, 0.2) is 0 Å². The van der Waals surface area contributed by atoms with Crippen molar-refractivity contribution < 1.29 is 14.3 Å². The lowest BCUT2D eigenvalue weighted by Crippen LogP contribution is -2.27. The van der Waals surface area contributed by atoms with Gasteiger partial charge in [0.25, 0.3) is 5.91 Å². The van der Waals surface area contributed by atoms with Crippen LogP contribution in [0.15, 0.2) is 54.6 Å². The first-order valence-electron chi connectivity index (χ1n) is 8.26. The summed E-state index contributed by atoms with van der Waals surface area (Å²) in [5, 5.41) is 9.97. The number of H-pyrrole nitrogens is 1. The van der Waals surface area contributed by atoms with Crippen LogP contribution in [0.5, 0.6) is 11.5 Å². The molecule has 1 aromatic heterocycles. The minimum absolute atomic E-state index is 0.239. The number of carbonyl (C=O) groups excluding carboxylic acids is 1. The van der Waals surface area contributed by atoms with Crippen molar-refractivity contribution in [1.82, 2.24) is 15.5 Å². The molecule has 1 atom stereocenters. The van der Waals surface area contributed by atoms with Crippen LogP contribution in [-0.2, 0) is 0 Å². The highest BCUT2D eigenvalue weighted by molar-refractivity contribution is 5.93. The van der Waals surface area contributed by atoms with E-state index in [4.69, 9.17) is 9.47 Å². The number of nitrogens with one attached hydrogen (secondary N) is 2. The Bertz CT molecular complexity index is 890. The first-order valence-corrected chi connectivity index (χ1v) is 8.26. The molecule has 26 heavy (non-hydrogen) atoms. The molecule has 0 aliphatic rings. The zero-order chi connectivity index (χ0) is 18.5. The highest BCUT2D eigenvalue weighted by Crippen LogP contribution is 2.29. The topological polar surface area (TPSA) is 76.2 Å². The van der Waals surface area contributed by atoms with Gasteiger partial charge in [-0.25, -0.2) is 0 Å². The molecule has 3 aromatic rings. The van der Waals surface area contributed by atoms with Crippen LogP contribution in [0.4, 0.5) is 0 Å². The van der Waals surface area contributed by atoms with Gasteiger partial charge in [0.2, 0.25) is 0 Å². The number of hydrogen-bond acceptors (Lipinski definition) is 4. The summed E-state index contributed by atoms with van der Waals surface area (Å²) in [6.45, 7) is 1.89. The molecule has 6 nitrogen and oxygen atoms in total. The number of aromatic nitrogens is 2. The van der Waals surface area contributed by atoms with Gasteiger partial charge in [-0.05, 0) is 31.2 Å². The molecule has 0 fully saturated rings. The Kier molecular flexibility index (Phi) is 5.22. The minimum Gasteiger partial charge on any atom is -0.497 e. The summed E-state index contributed by atoms with van der Waals surface area (Å²) in [5.41, 5.74) is 2.91. The van der Waals surface area contributed by atoms with E-state index < -0.39 is 0 Å². The van der Waals surface area contributed by atoms with Gasteiger partial charge in [0.05, 0.1) is 26.0 Å². The average Bonchev–Trinajstić information content (AvgIpc) is 3.18. The zero-order valence-electron chi connectivity index (χ0n) is 14.9. The highest BCUT2D eigenvalue weighted by atomic mass is 16.5. The van der Waals surface area contributed by atoms with Crippen LogP contribution < -0.4 is 14.8 Å². The molecule has 134 valence electrons. The molecule has 0 saturated carbocycles. The smallest absolute Gasteiger partial charge is 0.269 e. The summed E-state index contributed by atoms with van der Waals surface area (Å²) in [6, 6.07) is 16.7. The molecule has 0 aliphatic carbocycles. The average molecular weight is 351 g/mol. The zero-order valence-corrected chi connectivity index (χ0v) is 14.9. The predicted molar refractivity (Wildman–Crippen MR) is 99.5 cm³/mol. The summed E-state index contributed by atoms with van der Waals surface area (Å²) < 4.78 is 10.7. The SMILES string of the molecule is COc1ccc(OC)c([C@@H](C)NC(=O)c2cc(-c3ccccc3)n[nH]2)c1. The Labute approximate surface area is 152 Å². The molecule has 0 spiro atoms. The first kappa shape index (κ1) is 17.5. The summed E-state index contributed by atoms with van der Waals surface area (Å²) in [4.78, 5) is 12.6. The molecule has 1 heterocycles. The van der Waals surface area contributed by atoms with Gasteiger partial charge in [-0.3, -0.25) is 9.89 Å². The Balaban J connectivity index is 1.77. The quantitative estimate of drug-likeness (QED) is 0.712. The number of hydrogen-bond donors (Lipinski definition) is 2. The Morgan fingerprint density at radius 2 is 1.85 bits per heavy atom. The normalized spacial score (nSPS) is 11.7. The second-order valence-electron chi connectivity index (χ2n) is 5.84. The van der Waals surface area contributed by atoms with E-state index in [0.29, 0.717) is 17.2 Å². The molecule has 1 amide bonds. The van der Waals surface area contributed by atoms with Crippen molar-refractivity contribution in [3.05, 3.63) is 65.9 Å². The van der Waals surface area contributed by atoms with Gasteiger partial charge in [-0.1, -0.05) is 30.3 Å². The van der Waals surface area contributed by atoms with Crippen LogP contribution in [0.3, 0.4) is 0 Å². The standard InChI is InChI=1S/C20H21N3O3/c1-13(16-11-15(25-2)9-10-19(16)26-3)21-20(24)18-12-17(22-23-18)14-7-5-4-6-8-14/h4-13H,1-3H3,(H,21,24)(H,22,23)/t13-/m1/s1. The van der Waals surface area contributed by atoms with Crippen LogP contribution in [-0.4, -0.2) is 30.3 Å². The molecule has 0 saturated heterocycles. The molecule has 0 bridgehead atoms. The van der Waals surface area contributed by atoms with Crippen LogP contribution in [0.25, 0.3) is 11.3 Å². The van der Waals surface area contributed by atoms with Crippen molar-refractivity contribution in [2.75, 3.05) is 14.2 Å². The van der Waals surface area contributed by atoms with E-state index >= 15 is 0 Å². The van der Waals surface area contributed by atoms with Crippen molar-refractivity contribution >= 4 is 5.91 Å². The fourth-order valence-corrected chi connectivity index (χ4v) is 2.72. The van der Waals surface area contributed by atoms with Crippen molar-refractivity contribution in [3.63, 3.8) is 0 Å². The van der Waals surface area contributed by atoms with E-state index in [1.807, 2.05) is 55.5 Å². The van der Waals surface area contributed by atoms with Gasteiger partial charge < -0.3 is 14.8 Å². The van der Waals surface area contributed by atoms with Gasteiger partial charge in [-0.2, -0.15) is 5.10 Å². The molecular formula is C20H21N3O3. The Hall–Kier alpha value is -3.28. The molecule has 6 heteroatoms. The number of methoxy groups -OCH3 is 2. The monoisotopic (exact) mass is 351 g/mol. The lowest BCUT2D eigenvalue weighted by Gasteiger charge is -2.17. The number of benzene rings is 2. The van der Waals surface area contributed by atoms with Crippen LogP contribution in [0, 0.1) is 0 Å². The van der Waals surface area contributed by atoms with Crippen molar-refractivity contribution in [1.29, 1.82) is 0 Å². The molecule has 0 radical (unpaired) electrons. The third kappa shape index (κ3) is 3.69. The molecule has 0 aliphatic heterocycles. The molecular weight excluding hydrogens is 330 g/mol. The Morgan fingerprint density at radius 1 is 1.08 bits per heavy atom. The number of rotatable bonds is 6. The van der Waals surface area contributed by atoms with E-state index in [1.54, 1.807) is 20.3 Å². The largest absolute Gasteiger partial charge is 0.497 e. The summed E-state index contributed by atoms with van der Waals surface area (Å²) >= 11 is 0. The highest BCUT2D eigenvalue weighted by Gasteiger charge is 2.18. The number of carbonyl (C=O) groups is 1. The summed E-state index contributed by atoms with van der Waals surface area (Å²) in [7, 11) is 3.20. The second kappa shape index (κ2) is 7.74. The van der Waals surface area contributed by atoms with E-state index in [9.17, 15) is 4.79 Å². The number of nitrogens with zero attached hydrogens (tertiary/aromatic N) is 1. The number of ether oxygens (including phenoxy) is 2. The number of amides is 1.